The van der Waals surface area contributed by atoms with E-state index >= 15 is 0 Å². The topological polar surface area (TPSA) is 63.9 Å². The van der Waals surface area contributed by atoms with Gasteiger partial charge in [0.2, 0.25) is 5.91 Å². The molecule has 0 unspecified atom stereocenters. The molecule has 3 aromatic rings. The van der Waals surface area contributed by atoms with Crippen molar-refractivity contribution in [3.63, 3.8) is 0 Å². The van der Waals surface area contributed by atoms with Crippen LogP contribution in [0.5, 0.6) is 0 Å². The van der Waals surface area contributed by atoms with Crippen LogP contribution in [0.3, 0.4) is 0 Å². The van der Waals surface area contributed by atoms with Crippen molar-refractivity contribution in [2.24, 2.45) is 0 Å². The molecule has 0 atom stereocenters. The third-order valence-corrected chi connectivity index (χ3v) is 6.56. The van der Waals surface area contributed by atoms with Crippen LogP contribution in [0.4, 0.5) is 0 Å². The van der Waals surface area contributed by atoms with Gasteiger partial charge in [0, 0.05) is 42.5 Å². The fourth-order valence-corrected chi connectivity index (χ4v) is 4.97. The number of hydrogen-bond acceptors (Lipinski definition) is 6. The van der Waals surface area contributed by atoms with Crippen LogP contribution in [0.2, 0.25) is 0 Å². The van der Waals surface area contributed by atoms with Crippen molar-refractivity contribution >= 4 is 29.0 Å². The molecule has 8 heteroatoms. The van der Waals surface area contributed by atoms with Gasteiger partial charge in [-0.15, -0.1) is 21.5 Å². The van der Waals surface area contributed by atoms with Gasteiger partial charge in [0.1, 0.15) is 0 Å². The molecule has 0 saturated carbocycles. The van der Waals surface area contributed by atoms with Crippen LogP contribution in [0, 0.1) is 0 Å². The average molecular weight is 400 g/mol. The summed E-state index contributed by atoms with van der Waals surface area (Å²) in [6.07, 6.45) is 5.45. The minimum absolute atomic E-state index is 0.161. The van der Waals surface area contributed by atoms with Gasteiger partial charge >= 0.3 is 0 Å². The minimum Gasteiger partial charge on any atom is -0.337 e. The van der Waals surface area contributed by atoms with Gasteiger partial charge in [0.05, 0.1) is 5.75 Å². The maximum Gasteiger partial charge on any atom is 0.233 e. The van der Waals surface area contributed by atoms with E-state index in [-0.39, 0.29) is 5.91 Å². The first-order valence-electron chi connectivity index (χ1n) is 9.05. The van der Waals surface area contributed by atoms with Gasteiger partial charge in [-0.05, 0) is 42.0 Å². The van der Waals surface area contributed by atoms with E-state index in [9.17, 15) is 4.79 Å². The number of amides is 1. The van der Waals surface area contributed by atoms with E-state index in [2.05, 4.69) is 38.1 Å². The monoisotopic (exact) mass is 399 g/mol. The molecular formula is C19H21N5OS2. The summed E-state index contributed by atoms with van der Waals surface area (Å²) in [5, 5.41) is 11.6. The van der Waals surface area contributed by atoms with Gasteiger partial charge in [-0.3, -0.25) is 9.78 Å². The first kappa shape index (κ1) is 18.2. The molecule has 3 aromatic heterocycles. The van der Waals surface area contributed by atoms with Gasteiger partial charge in [0.15, 0.2) is 11.0 Å². The Bertz CT molecular complexity index is 921. The molecule has 140 valence electrons. The van der Waals surface area contributed by atoms with E-state index in [4.69, 9.17) is 0 Å². The molecule has 0 aromatic carbocycles. The predicted molar refractivity (Wildman–Crippen MR) is 108 cm³/mol. The molecule has 0 fully saturated rings. The molecule has 27 heavy (non-hydrogen) atoms. The van der Waals surface area contributed by atoms with E-state index in [1.807, 2.05) is 17.0 Å². The lowest BCUT2D eigenvalue weighted by Gasteiger charge is -2.26. The average Bonchev–Trinajstić information content (AvgIpc) is 3.33. The molecule has 1 amide bonds. The highest BCUT2D eigenvalue weighted by atomic mass is 32.2. The summed E-state index contributed by atoms with van der Waals surface area (Å²) >= 11 is 3.26. The number of hydrogen-bond donors (Lipinski definition) is 0. The smallest absolute Gasteiger partial charge is 0.233 e. The highest BCUT2D eigenvalue weighted by molar-refractivity contribution is 7.99. The lowest BCUT2D eigenvalue weighted by atomic mass is 10.1. The summed E-state index contributed by atoms with van der Waals surface area (Å²) in [4.78, 5) is 20.1. The Balaban J connectivity index is 1.45. The normalized spacial score (nSPS) is 13.6. The van der Waals surface area contributed by atoms with Crippen LogP contribution >= 0.6 is 23.1 Å². The Morgan fingerprint density at radius 3 is 2.93 bits per heavy atom. The number of nitrogens with zero attached hydrogens (tertiary/aromatic N) is 5. The van der Waals surface area contributed by atoms with Crippen molar-refractivity contribution in [2.45, 2.75) is 38.0 Å². The molecule has 1 aliphatic heterocycles. The van der Waals surface area contributed by atoms with E-state index in [0.29, 0.717) is 5.75 Å². The molecular weight excluding hydrogens is 378 g/mol. The summed E-state index contributed by atoms with van der Waals surface area (Å²) in [5.74, 6) is 1.38. The molecule has 4 heterocycles. The Hall–Kier alpha value is -2.19. The standard InChI is InChI=1S/C19H21N5OS2/c1-2-9-24-18(14-3-7-20-8-4-14)21-22-19(24)27-13-17(25)23-10-5-16-15(12-23)6-11-26-16/h3-4,6-8,11H,2,5,9-10,12-13H2,1H3. The van der Waals surface area contributed by atoms with E-state index in [1.165, 1.54) is 22.2 Å². The fraction of sp³-hybridized carbons (Fsp3) is 0.368. The van der Waals surface area contributed by atoms with E-state index in [0.717, 1.165) is 49.0 Å². The van der Waals surface area contributed by atoms with Crippen LogP contribution in [-0.4, -0.2) is 42.9 Å². The second-order valence-electron chi connectivity index (χ2n) is 6.42. The summed E-state index contributed by atoms with van der Waals surface area (Å²) in [6.45, 7) is 4.48. The molecule has 0 aliphatic carbocycles. The van der Waals surface area contributed by atoms with Gasteiger partial charge in [-0.1, -0.05) is 18.7 Å². The van der Waals surface area contributed by atoms with Crippen LogP contribution in [0.25, 0.3) is 11.4 Å². The Morgan fingerprint density at radius 1 is 1.26 bits per heavy atom. The molecule has 0 saturated heterocycles. The summed E-state index contributed by atoms with van der Waals surface area (Å²) in [5.41, 5.74) is 2.28. The Morgan fingerprint density at radius 2 is 2.11 bits per heavy atom. The molecule has 0 N–H and O–H groups in total. The number of aromatic nitrogens is 4. The molecule has 6 nitrogen and oxygen atoms in total. The highest BCUT2D eigenvalue weighted by Gasteiger charge is 2.22. The maximum atomic E-state index is 12.7. The summed E-state index contributed by atoms with van der Waals surface area (Å²) in [6, 6.07) is 6.00. The van der Waals surface area contributed by atoms with Crippen molar-refractivity contribution in [1.29, 1.82) is 0 Å². The number of thiophene rings is 1. The zero-order chi connectivity index (χ0) is 18.6. The number of carbonyl (C=O) groups excluding carboxylic acids is 1. The van der Waals surface area contributed by atoms with Crippen LogP contribution in [0.1, 0.15) is 23.8 Å². The molecule has 0 spiro atoms. The van der Waals surface area contributed by atoms with Crippen molar-refractivity contribution < 1.29 is 4.79 Å². The van der Waals surface area contributed by atoms with Crippen LogP contribution in [-0.2, 0) is 24.3 Å². The van der Waals surface area contributed by atoms with Crippen molar-refractivity contribution in [1.82, 2.24) is 24.6 Å². The zero-order valence-electron chi connectivity index (χ0n) is 15.2. The van der Waals surface area contributed by atoms with Crippen molar-refractivity contribution in [3.8, 4) is 11.4 Å². The summed E-state index contributed by atoms with van der Waals surface area (Å²) < 4.78 is 2.10. The van der Waals surface area contributed by atoms with Crippen LogP contribution < -0.4 is 0 Å². The second-order valence-corrected chi connectivity index (χ2v) is 8.36. The van der Waals surface area contributed by atoms with Gasteiger partial charge in [-0.25, -0.2) is 0 Å². The minimum atomic E-state index is 0.161. The number of pyridine rings is 1. The maximum absolute atomic E-state index is 12.7. The lowest BCUT2D eigenvalue weighted by molar-refractivity contribution is -0.129. The predicted octanol–water partition coefficient (Wildman–Crippen LogP) is 3.49. The zero-order valence-corrected chi connectivity index (χ0v) is 16.8. The third-order valence-electron chi connectivity index (χ3n) is 4.59. The molecule has 1 aliphatic rings. The van der Waals surface area contributed by atoms with Gasteiger partial charge in [-0.2, -0.15) is 0 Å². The first-order valence-corrected chi connectivity index (χ1v) is 10.9. The SMILES string of the molecule is CCCn1c(SCC(=O)N2CCc3sccc3C2)nnc1-c1ccncc1. The fourth-order valence-electron chi connectivity index (χ4n) is 3.21. The number of fused-ring (bicyclic) bond motifs is 1. The van der Waals surface area contributed by atoms with E-state index < -0.39 is 0 Å². The van der Waals surface area contributed by atoms with Crippen LogP contribution in [0.15, 0.2) is 41.1 Å². The molecule has 0 radical (unpaired) electrons. The number of rotatable bonds is 6. The second kappa shape index (κ2) is 8.22. The quantitative estimate of drug-likeness (QED) is 0.594. The highest BCUT2D eigenvalue weighted by Crippen LogP contribution is 2.27. The first-order chi connectivity index (χ1) is 13.3. The van der Waals surface area contributed by atoms with Gasteiger partial charge in [0.25, 0.3) is 0 Å². The Kier molecular flexibility index (Phi) is 5.54. The van der Waals surface area contributed by atoms with Crippen molar-refractivity contribution in [2.75, 3.05) is 12.3 Å². The third kappa shape index (κ3) is 3.91. The van der Waals surface area contributed by atoms with Gasteiger partial charge < -0.3 is 9.47 Å². The molecule has 0 bridgehead atoms. The van der Waals surface area contributed by atoms with Crippen molar-refractivity contribution in [3.05, 3.63) is 46.4 Å². The number of thioether (sulfide) groups is 1. The largest absolute Gasteiger partial charge is 0.337 e. The summed E-state index contributed by atoms with van der Waals surface area (Å²) in [7, 11) is 0. The molecule has 4 rings (SSSR count). The Labute approximate surface area is 166 Å². The number of carbonyl (C=O) groups is 1. The van der Waals surface area contributed by atoms with E-state index in [1.54, 1.807) is 23.7 Å². The lowest BCUT2D eigenvalue weighted by Crippen LogP contribution is -2.36.